The summed E-state index contributed by atoms with van der Waals surface area (Å²) in [4.78, 5) is 11.5. The second-order valence-corrected chi connectivity index (χ2v) is 4.47. The molecular formula is C15H23NO4. The molecule has 1 aromatic rings. The number of hydrogen-bond acceptors (Lipinski definition) is 4. The average molecular weight is 281 g/mol. The molecule has 1 rings (SSSR count). The van der Waals surface area contributed by atoms with Gasteiger partial charge in [-0.05, 0) is 37.0 Å². The van der Waals surface area contributed by atoms with E-state index in [0.717, 1.165) is 18.4 Å². The number of nitrogens with one attached hydrogen (secondary N) is 1. The fraction of sp³-hybridized carbons (Fsp3) is 0.533. The van der Waals surface area contributed by atoms with Crippen molar-refractivity contribution >= 4 is 5.91 Å². The largest absolute Gasteiger partial charge is 0.493 e. The van der Waals surface area contributed by atoms with E-state index >= 15 is 0 Å². The van der Waals surface area contributed by atoms with Crippen molar-refractivity contribution < 1.29 is 19.4 Å². The van der Waals surface area contributed by atoms with Gasteiger partial charge in [-0.25, -0.2) is 0 Å². The van der Waals surface area contributed by atoms with Crippen molar-refractivity contribution in [1.29, 1.82) is 0 Å². The molecule has 0 spiro atoms. The fourth-order valence-electron chi connectivity index (χ4n) is 1.88. The van der Waals surface area contributed by atoms with Crippen LogP contribution in [0.2, 0.25) is 0 Å². The van der Waals surface area contributed by atoms with E-state index in [-0.39, 0.29) is 12.5 Å². The Balaban J connectivity index is 2.36. The molecule has 0 aliphatic carbocycles. The summed E-state index contributed by atoms with van der Waals surface area (Å²) in [6.07, 6.45) is 2.68. The molecule has 1 aromatic carbocycles. The number of benzene rings is 1. The zero-order valence-corrected chi connectivity index (χ0v) is 12.1. The first kappa shape index (κ1) is 16.3. The predicted molar refractivity (Wildman–Crippen MR) is 77.2 cm³/mol. The minimum Gasteiger partial charge on any atom is -0.493 e. The van der Waals surface area contributed by atoms with Crippen LogP contribution >= 0.6 is 0 Å². The second-order valence-electron chi connectivity index (χ2n) is 4.47. The van der Waals surface area contributed by atoms with E-state index in [1.807, 2.05) is 18.2 Å². The molecule has 0 heterocycles. The maximum Gasteiger partial charge on any atom is 0.220 e. The van der Waals surface area contributed by atoms with Crippen molar-refractivity contribution in [2.24, 2.45) is 0 Å². The first-order valence-electron chi connectivity index (χ1n) is 6.79. The Labute approximate surface area is 119 Å². The number of hydrogen-bond donors (Lipinski definition) is 2. The molecule has 5 nitrogen and oxygen atoms in total. The quantitative estimate of drug-likeness (QED) is 0.674. The van der Waals surface area contributed by atoms with Crippen LogP contribution in [0.4, 0.5) is 0 Å². The lowest BCUT2D eigenvalue weighted by Gasteiger charge is -2.09. The molecule has 2 N–H and O–H groups in total. The molecule has 0 saturated heterocycles. The maximum atomic E-state index is 11.5. The highest BCUT2D eigenvalue weighted by Crippen LogP contribution is 2.28. The van der Waals surface area contributed by atoms with Crippen molar-refractivity contribution in [2.75, 3.05) is 27.4 Å². The Kier molecular flexibility index (Phi) is 7.50. The summed E-state index contributed by atoms with van der Waals surface area (Å²) in [5, 5.41) is 11.4. The molecule has 1 amide bonds. The first-order chi connectivity index (χ1) is 9.71. The lowest BCUT2D eigenvalue weighted by molar-refractivity contribution is -0.121. The van der Waals surface area contributed by atoms with Gasteiger partial charge in [0.25, 0.3) is 0 Å². The number of carbonyl (C=O) groups is 1. The topological polar surface area (TPSA) is 67.8 Å². The van der Waals surface area contributed by atoms with E-state index in [9.17, 15) is 4.79 Å². The van der Waals surface area contributed by atoms with Crippen LogP contribution in [0.25, 0.3) is 0 Å². The summed E-state index contributed by atoms with van der Waals surface area (Å²) >= 11 is 0. The van der Waals surface area contributed by atoms with Gasteiger partial charge in [-0.1, -0.05) is 6.07 Å². The van der Waals surface area contributed by atoms with Gasteiger partial charge in [0.15, 0.2) is 11.5 Å². The van der Waals surface area contributed by atoms with Gasteiger partial charge in [-0.3, -0.25) is 4.79 Å². The number of amides is 1. The minimum absolute atomic E-state index is 0.0268. The van der Waals surface area contributed by atoms with Crippen molar-refractivity contribution in [1.82, 2.24) is 5.32 Å². The Morgan fingerprint density at radius 1 is 1.20 bits per heavy atom. The Hall–Kier alpha value is -1.75. The van der Waals surface area contributed by atoms with Gasteiger partial charge in [0, 0.05) is 19.6 Å². The zero-order chi connectivity index (χ0) is 14.8. The Morgan fingerprint density at radius 3 is 2.60 bits per heavy atom. The van der Waals surface area contributed by atoms with Crippen LogP contribution in [0, 0.1) is 0 Å². The Morgan fingerprint density at radius 2 is 1.95 bits per heavy atom. The van der Waals surface area contributed by atoms with E-state index in [1.54, 1.807) is 14.2 Å². The van der Waals surface area contributed by atoms with Crippen molar-refractivity contribution in [3.8, 4) is 11.5 Å². The van der Waals surface area contributed by atoms with E-state index < -0.39 is 0 Å². The third kappa shape index (κ3) is 5.48. The molecule has 5 heteroatoms. The molecule has 0 saturated carbocycles. The smallest absolute Gasteiger partial charge is 0.220 e. The molecule has 112 valence electrons. The number of aryl methyl sites for hydroxylation is 1. The van der Waals surface area contributed by atoms with Crippen LogP contribution in [-0.2, 0) is 11.2 Å². The number of aliphatic hydroxyl groups excluding tert-OH is 1. The number of methoxy groups -OCH3 is 2. The number of aliphatic hydroxyl groups is 1. The van der Waals surface area contributed by atoms with Crippen LogP contribution < -0.4 is 14.8 Å². The standard InChI is InChI=1S/C15H23NO4/c1-19-13-8-7-12(11-14(13)20-2)5-3-6-15(18)16-9-4-10-17/h7-8,11,17H,3-6,9-10H2,1-2H3,(H,16,18). The minimum atomic E-state index is 0.0268. The molecule has 0 aromatic heterocycles. The van der Waals surface area contributed by atoms with Crippen molar-refractivity contribution in [3.63, 3.8) is 0 Å². The molecule has 0 aliphatic heterocycles. The van der Waals surface area contributed by atoms with E-state index in [0.29, 0.717) is 30.9 Å². The summed E-state index contributed by atoms with van der Waals surface area (Å²) in [6.45, 7) is 0.637. The maximum absolute atomic E-state index is 11.5. The van der Waals surface area contributed by atoms with Crippen LogP contribution in [0.1, 0.15) is 24.8 Å². The van der Waals surface area contributed by atoms with Gasteiger partial charge in [-0.2, -0.15) is 0 Å². The third-order valence-corrected chi connectivity index (χ3v) is 2.97. The van der Waals surface area contributed by atoms with Gasteiger partial charge < -0.3 is 19.9 Å². The van der Waals surface area contributed by atoms with Gasteiger partial charge in [0.2, 0.25) is 5.91 Å². The summed E-state index contributed by atoms with van der Waals surface area (Å²) in [5.74, 6) is 1.44. The molecule has 0 bridgehead atoms. The molecule has 20 heavy (non-hydrogen) atoms. The molecule has 0 radical (unpaired) electrons. The Bertz CT molecular complexity index is 420. The normalized spacial score (nSPS) is 10.2. The molecule has 0 atom stereocenters. The first-order valence-corrected chi connectivity index (χ1v) is 6.79. The van der Waals surface area contributed by atoms with Crippen LogP contribution in [0.5, 0.6) is 11.5 Å². The number of ether oxygens (including phenoxy) is 2. The van der Waals surface area contributed by atoms with Crippen LogP contribution in [0.15, 0.2) is 18.2 Å². The summed E-state index contributed by atoms with van der Waals surface area (Å²) in [6, 6.07) is 5.78. The van der Waals surface area contributed by atoms with Gasteiger partial charge >= 0.3 is 0 Å². The second kappa shape index (κ2) is 9.20. The molecular weight excluding hydrogens is 258 g/mol. The highest BCUT2D eigenvalue weighted by atomic mass is 16.5. The summed E-state index contributed by atoms with van der Waals surface area (Å²) in [5.41, 5.74) is 1.12. The SMILES string of the molecule is COc1ccc(CCCC(=O)NCCCO)cc1OC. The van der Waals surface area contributed by atoms with E-state index in [4.69, 9.17) is 14.6 Å². The van der Waals surface area contributed by atoms with Crippen LogP contribution in [0.3, 0.4) is 0 Å². The van der Waals surface area contributed by atoms with Gasteiger partial charge in [0.1, 0.15) is 0 Å². The van der Waals surface area contributed by atoms with E-state index in [2.05, 4.69) is 5.32 Å². The molecule has 0 aliphatic rings. The van der Waals surface area contributed by atoms with E-state index in [1.165, 1.54) is 0 Å². The van der Waals surface area contributed by atoms with Gasteiger partial charge in [0.05, 0.1) is 14.2 Å². The average Bonchev–Trinajstić information content (AvgIpc) is 2.47. The summed E-state index contributed by atoms with van der Waals surface area (Å²) < 4.78 is 10.4. The third-order valence-electron chi connectivity index (χ3n) is 2.97. The number of carbonyl (C=O) groups excluding carboxylic acids is 1. The van der Waals surface area contributed by atoms with Crippen molar-refractivity contribution in [3.05, 3.63) is 23.8 Å². The van der Waals surface area contributed by atoms with Crippen LogP contribution in [-0.4, -0.2) is 38.4 Å². The molecule has 0 unspecified atom stereocenters. The highest BCUT2D eigenvalue weighted by molar-refractivity contribution is 5.75. The van der Waals surface area contributed by atoms with Gasteiger partial charge in [-0.15, -0.1) is 0 Å². The predicted octanol–water partition coefficient (Wildman–Crippen LogP) is 1.53. The zero-order valence-electron chi connectivity index (χ0n) is 12.1. The number of rotatable bonds is 9. The molecule has 0 fully saturated rings. The lowest BCUT2D eigenvalue weighted by atomic mass is 10.1. The monoisotopic (exact) mass is 281 g/mol. The lowest BCUT2D eigenvalue weighted by Crippen LogP contribution is -2.24. The highest BCUT2D eigenvalue weighted by Gasteiger charge is 2.05. The summed E-state index contributed by atoms with van der Waals surface area (Å²) in [7, 11) is 3.21. The fourth-order valence-corrected chi connectivity index (χ4v) is 1.88. The van der Waals surface area contributed by atoms with Crippen molar-refractivity contribution in [2.45, 2.75) is 25.7 Å².